The van der Waals surface area contributed by atoms with E-state index < -0.39 is 0 Å². The molecule has 2 aliphatic rings. The summed E-state index contributed by atoms with van der Waals surface area (Å²) in [4.78, 5) is 19.2. The van der Waals surface area contributed by atoms with Crippen molar-refractivity contribution in [1.82, 2.24) is 20.9 Å². The average molecular weight is 493 g/mol. The standard InChI is InChI=1S/C20H39N5O.HI/c1-2-21-20(22-13-9-17-25-15-7-3-4-8-16-25)23-14-12-19(26)24-18-10-5-6-11-18;/h18H,2-17H2,1H3,(H,24,26)(H2,21,22,23);1H. The van der Waals surface area contributed by atoms with Gasteiger partial charge in [-0.1, -0.05) is 25.7 Å². The third-order valence-electron chi connectivity index (χ3n) is 5.31. The zero-order valence-corrected chi connectivity index (χ0v) is 19.4. The maximum Gasteiger partial charge on any atom is 0.221 e. The maximum atomic E-state index is 12.0. The van der Waals surface area contributed by atoms with E-state index in [9.17, 15) is 4.79 Å². The Kier molecular flexibility index (Phi) is 13.9. The molecule has 0 unspecified atom stereocenters. The fourth-order valence-corrected chi connectivity index (χ4v) is 3.85. The lowest BCUT2D eigenvalue weighted by Gasteiger charge is -2.19. The van der Waals surface area contributed by atoms with Gasteiger partial charge in [0.1, 0.15) is 0 Å². The summed E-state index contributed by atoms with van der Waals surface area (Å²) in [6.45, 7) is 8.02. The van der Waals surface area contributed by atoms with E-state index in [1.54, 1.807) is 0 Å². The van der Waals surface area contributed by atoms with E-state index >= 15 is 0 Å². The topological polar surface area (TPSA) is 68.8 Å². The summed E-state index contributed by atoms with van der Waals surface area (Å²) in [5.74, 6) is 0.985. The molecule has 2 fully saturated rings. The molecule has 1 amide bonds. The highest BCUT2D eigenvalue weighted by molar-refractivity contribution is 14.0. The monoisotopic (exact) mass is 493 g/mol. The molecule has 0 aromatic rings. The van der Waals surface area contributed by atoms with Gasteiger partial charge >= 0.3 is 0 Å². The van der Waals surface area contributed by atoms with E-state index in [2.05, 4.69) is 32.8 Å². The molecule has 1 heterocycles. The summed E-state index contributed by atoms with van der Waals surface area (Å²) in [5, 5.41) is 9.69. The predicted octanol–water partition coefficient (Wildman–Crippen LogP) is 2.87. The molecule has 0 aromatic carbocycles. The molecule has 0 aromatic heterocycles. The molecule has 1 aliphatic carbocycles. The van der Waals surface area contributed by atoms with Crippen LogP contribution in [0.3, 0.4) is 0 Å². The van der Waals surface area contributed by atoms with Crippen LogP contribution in [0.25, 0.3) is 0 Å². The van der Waals surface area contributed by atoms with E-state index in [0.717, 1.165) is 44.9 Å². The van der Waals surface area contributed by atoms with Gasteiger partial charge in [0.25, 0.3) is 0 Å². The number of aliphatic imine (C=N–C) groups is 1. The van der Waals surface area contributed by atoms with Crippen LogP contribution in [0.15, 0.2) is 4.99 Å². The van der Waals surface area contributed by atoms with Crippen molar-refractivity contribution < 1.29 is 4.79 Å². The Morgan fingerprint density at radius 1 is 1.04 bits per heavy atom. The van der Waals surface area contributed by atoms with Gasteiger partial charge in [-0.15, -0.1) is 24.0 Å². The number of hydrogen-bond donors (Lipinski definition) is 3. The zero-order chi connectivity index (χ0) is 18.5. The Bertz CT molecular complexity index is 419. The van der Waals surface area contributed by atoms with Crippen LogP contribution in [0, 0.1) is 0 Å². The summed E-state index contributed by atoms with van der Waals surface area (Å²) < 4.78 is 0. The average Bonchev–Trinajstić information content (AvgIpc) is 2.99. The Morgan fingerprint density at radius 2 is 1.74 bits per heavy atom. The number of nitrogens with zero attached hydrogens (tertiary/aromatic N) is 2. The molecule has 2 rings (SSSR count). The Balaban J connectivity index is 0.00000364. The number of hydrogen-bond acceptors (Lipinski definition) is 3. The third kappa shape index (κ3) is 11.1. The number of halogens is 1. The van der Waals surface area contributed by atoms with Gasteiger partial charge in [-0.25, -0.2) is 0 Å². The van der Waals surface area contributed by atoms with E-state index in [0.29, 0.717) is 19.0 Å². The van der Waals surface area contributed by atoms with Crippen molar-refractivity contribution in [2.24, 2.45) is 4.99 Å². The van der Waals surface area contributed by atoms with Crippen molar-refractivity contribution in [2.45, 2.75) is 77.2 Å². The normalized spacial score (nSPS) is 19.2. The molecule has 0 bridgehead atoms. The van der Waals surface area contributed by atoms with Crippen molar-refractivity contribution >= 4 is 35.8 Å². The molecular formula is C20H40IN5O. The molecule has 27 heavy (non-hydrogen) atoms. The van der Waals surface area contributed by atoms with E-state index in [1.165, 1.54) is 51.6 Å². The van der Waals surface area contributed by atoms with Gasteiger partial charge in [-0.3, -0.25) is 9.79 Å². The Labute approximate surface area is 182 Å². The lowest BCUT2D eigenvalue weighted by atomic mass is 10.2. The van der Waals surface area contributed by atoms with Crippen LogP contribution in [0.5, 0.6) is 0 Å². The van der Waals surface area contributed by atoms with Crippen LogP contribution in [0.1, 0.15) is 71.1 Å². The molecule has 0 spiro atoms. The number of nitrogens with one attached hydrogen (secondary N) is 3. The number of carbonyl (C=O) groups is 1. The molecule has 0 radical (unpaired) electrons. The Hall–Kier alpha value is -0.570. The van der Waals surface area contributed by atoms with Crippen LogP contribution < -0.4 is 16.0 Å². The van der Waals surface area contributed by atoms with Crippen LogP contribution in [0.4, 0.5) is 0 Å². The first-order valence-corrected chi connectivity index (χ1v) is 10.8. The summed E-state index contributed by atoms with van der Waals surface area (Å²) >= 11 is 0. The molecule has 1 saturated heterocycles. The van der Waals surface area contributed by atoms with Crippen LogP contribution in [-0.4, -0.2) is 62.1 Å². The third-order valence-corrected chi connectivity index (χ3v) is 5.31. The van der Waals surface area contributed by atoms with Crippen LogP contribution >= 0.6 is 24.0 Å². The number of amides is 1. The number of guanidine groups is 1. The van der Waals surface area contributed by atoms with Gasteiger partial charge in [0.05, 0.1) is 0 Å². The maximum absolute atomic E-state index is 12.0. The highest BCUT2D eigenvalue weighted by Crippen LogP contribution is 2.17. The molecular weight excluding hydrogens is 453 g/mol. The second-order valence-electron chi connectivity index (χ2n) is 7.60. The second-order valence-corrected chi connectivity index (χ2v) is 7.60. The van der Waals surface area contributed by atoms with Gasteiger partial charge in [0.2, 0.25) is 5.91 Å². The van der Waals surface area contributed by atoms with Crippen molar-refractivity contribution in [3.05, 3.63) is 0 Å². The summed E-state index contributed by atoms with van der Waals surface area (Å²) in [6, 6.07) is 0.406. The smallest absolute Gasteiger partial charge is 0.221 e. The quantitative estimate of drug-likeness (QED) is 0.200. The van der Waals surface area contributed by atoms with Crippen LogP contribution in [0.2, 0.25) is 0 Å². The first-order chi connectivity index (χ1) is 12.8. The minimum Gasteiger partial charge on any atom is -0.357 e. The van der Waals surface area contributed by atoms with Gasteiger partial charge in [-0.05, 0) is 58.7 Å². The lowest BCUT2D eigenvalue weighted by molar-refractivity contribution is -0.121. The highest BCUT2D eigenvalue weighted by Gasteiger charge is 2.16. The first kappa shape index (κ1) is 24.5. The summed E-state index contributed by atoms with van der Waals surface area (Å²) in [7, 11) is 0. The molecule has 6 nitrogen and oxygen atoms in total. The fraction of sp³-hybridized carbons (Fsp3) is 0.900. The van der Waals surface area contributed by atoms with Crippen molar-refractivity contribution in [3.8, 4) is 0 Å². The second kappa shape index (κ2) is 15.4. The molecule has 7 heteroatoms. The Morgan fingerprint density at radius 3 is 2.41 bits per heavy atom. The summed E-state index contributed by atoms with van der Waals surface area (Å²) in [6.07, 6.45) is 11.8. The highest BCUT2D eigenvalue weighted by atomic mass is 127. The van der Waals surface area contributed by atoms with Gasteiger partial charge in [0, 0.05) is 32.1 Å². The minimum absolute atomic E-state index is 0. The first-order valence-electron chi connectivity index (χ1n) is 10.8. The molecule has 1 saturated carbocycles. The van der Waals surface area contributed by atoms with E-state index in [1.807, 2.05) is 0 Å². The lowest BCUT2D eigenvalue weighted by Crippen LogP contribution is -2.40. The SMILES string of the molecule is CCNC(=NCCCN1CCCCCC1)NCCC(=O)NC1CCCC1.I. The molecule has 0 atom stereocenters. The molecule has 1 aliphatic heterocycles. The zero-order valence-electron chi connectivity index (χ0n) is 17.1. The van der Waals surface area contributed by atoms with Crippen molar-refractivity contribution in [3.63, 3.8) is 0 Å². The number of carbonyl (C=O) groups excluding carboxylic acids is 1. The number of likely N-dealkylation sites (tertiary alicyclic amines) is 1. The fourth-order valence-electron chi connectivity index (χ4n) is 3.85. The van der Waals surface area contributed by atoms with E-state index in [-0.39, 0.29) is 29.9 Å². The van der Waals surface area contributed by atoms with Crippen LogP contribution in [-0.2, 0) is 4.79 Å². The van der Waals surface area contributed by atoms with Gasteiger partial charge in [-0.2, -0.15) is 0 Å². The van der Waals surface area contributed by atoms with Gasteiger partial charge < -0.3 is 20.9 Å². The number of rotatable bonds is 9. The predicted molar refractivity (Wildman–Crippen MR) is 124 cm³/mol. The van der Waals surface area contributed by atoms with E-state index in [4.69, 9.17) is 0 Å². The van der Waals surface area contributed by atoms with Crippen molar-refractivity contribution in [2.75, 3.05) is 39.3 Å². The largest absolute Gasteiger partial charge is 0.357 e. The van der Waals surface area contributed by atoms with Crippen molar-refractivity contribution in [1.29, 1.82) is 0 Å². The summed E-state index contributed by atoms with van der Waals surface area (Å²) in [5.41, 5.74) is 0. The van der Waals surface area contributed by atoms with Gasteiger partial charge in [0.15, 0.2) is 5.96 Å². The molecule has 158 valence electrons. The minimum atomic E-state index is 0. The molecule has 3 N–H and O–H groups in total.